The number of carbonyl (C=O) groups excluding carboxylic acids is 1. The Morgan fingerprint density at radius 3 is 2.42 bits per heavy atom. The van der Waals surface area contributed by atoms with Gasteiger partial charge in [-0.3, -0.25) is 4.79 Å². The predicted molar refractivity (Wildman–Crippen MR) is 65.7 cm³/mol. The van der Waals surface area contributed by atoms with Crippen molar-refractivity contribution in [2.24, 2.45) is 0 Å². The van der Waals surface area contributed by atoms with Gasteiger partial charge in [0.1, 0.15) is 17.5 Å². The molecule has 2 rings (SSSR count). The minimum absolute atomic E-state index is 0.160. The van der Waals surface area contributed by atoms with Gasteiger partial charge in [-0.05, 0) is 36.4 Å². The molecule has 1 amide bonds. The molecule has 0 aromatic heterocycles. The number of hydrogen-bond acceptors (Lipinski definition) is 1. The molecule has 0 aliphatic carbocycles. The first-order valence-corrected chi connectivity index (χ1v) is 5.56. The van der Waals surface area contributed by atoms with Crippen molar-refractivity contribution in [3.05, 3.63) is 64.4 Å². The molecule has 0 saturated carbocycles. The van der Waals surface area contributed by atoms with Gasteiger partial charge >= 0.3 is 0 Å². The molecule has 19 heavy (non-hydrogen) atoms. The normalized spacial score (nSPS) is 10.3. The average Bonchev–Trinajstić information content (AvgIpc) is 2.35. The fourth-order valence-electron chi connectivity index (χ4n) is 1.45. The van der Waals surface area contributed by atoms with Gasteiger partial charge in [0.25, 0.3) is 5.91 Å². The summed E-state index contributed by atoms with van der Waals surface area (Å²) < 4.78 is 39.7. The zero-order valence-electron chi connectivity index (χ0n) is 9.38. The minimum Gasteiger partial charge on any atom is -0.319 e. The molecule has 0 aliphatic heterocycles. The van der Waals surface area contributed by atoms with E-state index in [9.17, 15) is 18.0 Å². The molecule has 1 N–H and O–H groups in total. The van der Waals surface area contributed by atoms with Gasteiger partial charge in [-0.25, -0.2) is 13.2 Å². The molecule has 0 atom stereocenters. The van der Waals surface area contributed by atoms with Crippen LogP contribution in [0.25, 0.3) is 0 Å². The molecular weight excluding hydrogens is 279 g/mol. The van der Waals surface area contributed by atoms with Gasteiger partial charge in [-0.1, -0.05) is 11.6 Å². The van der Waals surface area contributed by atoms with Crippen LogP contribution in [-0.2, 0) is 0 Å². The summed E-state index contributed by atoms with van der Waals surface area (Å²) in [6.07, 6.45) is 0. The molecule has 0 unspecified atom stereocenters. The van der Waals surface area contributed by atoms with Crippen molar-refractivity contribution in [2.75, 3.05) is 5.32 Å². The standard InChI is InChI=1S/C13H7ClF3NO/c14-7-1-4-12(11(17)5-7)18-13(19)9-6-8(15)2-3-10(9)16/h1-6H,(H,18,19). The van der Waals surface area contributed by atoms with Gasteiger partial charge in [-0.2, -0.15) is 0 Å². The highest BCUT2D eigenvalue weighted by molar-refractivity contribution is 6.30. The van der Waals surface area contributed by atoms with Crippen molar-refractivity contribution in [1.29, 1.82) is 0 Å². The second kappa shape index (κ2) is 5.32. The van der Waals surface area contributed by atoms with E-state index in [1.807, 2.05) is 0 Å². The third kappa shape index (κ3) is 3.06. The Morgan fingerprint density at radius 2 is 1.74 bits per heavy atom. The number of hydrogen-bond donors (Lipinski definition) is 1. The summed E-state index contributed by atoms with van der Waals surface area (Å²) in [6.45, 7) is 0. The van der Waals surface area contributed by atoms with Crippen molar-refractivity contribution in [3.8, 4) is 0 Å². The van der Waals surface area contributed by atoms with Crippen LogP contribution in [0.5, 0.6) is 0 Å². The Morgan fingerprint density at radius 1 is 1.00 bits per heavy atom. The smallest absolute Gasteiger partial charge is 0.258 e. The van der Waals surface area contributed by atoms with E-state index >= 15 is 0 Å². The lowest BCUT2D eigenvalue weighted by Gasteiger charge is -2.07. The van der Waals surface area contributed by atoms with Gasteiger partial charge in [0.05, 0.1) is 11.3 Å². The maximum Gasteiger partial charge on any atom is 0.258 e. The topological polar surface area (TPSA) is 29.1 Å². The molecule has 0 fully saturated rings. The molecular formula is C13H7ClF3NO. The van der Waals surface area contributed by atoms with Crippen LogP contribution in [0, 0.1) is 17.5 Å². The van der Waals surface area contributed by atoms with Crippen LogP contribution in [0.3, 0.4) is 0 Å². The van der Waals surface area contributed by atoms with Crippen LogP contribution >= 0.6 is 11.6 Å². The van der Waals surface area contributed by atoms with Crippen LogP contribution in [0.2, 0.25) is 5.02 Å². The van der Waals surface area contributed by atoms with E-state index in [2.05, 4.69) is 5.32 Å². The van der Waals surface area contributed by atoms with E-state index < -0.39 is 28.9 Å². The summed E-state index contributed by atoms with van der Waals surface area (Å²) in [6, 6.07) is 6.03. The molecule has 0 aliphatic rings. The van der Waals surface area contributed by atoms with Crippen LogP contribution in [0.1, 0.15) is 10.4 Å². The quantitative estimate of drug-likeness (QED) is 0.887. The van der Waals surface area contributed by atoms with E-state index in [1.165, 1.54) is 12.1 Å². The lowest BCUT2D eigenvalue weighted by atomic mass is 10.2. The van der Waals surface area contributed by atoms with Gasteiger partial charge in [0, 0.05) is 5.02 Å². The minimum atomic E-state index is -0.946. The van der Waals surface area contributed by atoms with Crippen molar-refractivity contribution < 1.29 is 18.0 Å². The first-order valence-electron chi connectivity index (χ1n) is 5.19. The first kappa shape index (κ1) is 13.4. The molecule has 0 spiro atoms. The molecule has 98 valence electrons. The van der Waals surface area contributed by atoms with Crippen molar-refractivity contribution in [1.82, 2.24) is 0 Å². The van der Waals surface area contributed by atoms with Crippen LogP contribution < -0.4 is 5.32 Å². The second-order valence-corrected chi connectivity index (χ2v) is 4.14. The Labute approximate surface area is 111 Å². The van der Waals surface area contributed by atoms with Gasteiger partial charge in [0.2, 0.25) is 0 Å². The fraction of sp³-hybridized carbons (Fsp3) is 0. The lowest BCUT2D eigenvalue weighted by molar-refractivity contribution is 0.102. The van der Waals surface area contributed by atoms with Crippen LogP contribution in [0.4, 0.5) is 18.9 Å². The maximum atomic E-state index is 13.4. The third-order valence-electron chi connectivity index (χ3n) is 2.35. The lowest BCUT2D eigenvalue weighted by Crippen LogP contribution is -2.15. The first-order chi connectivity index (χ1) is 8.97. The molecule has 0 radical (unpaired) electrons. The van der Waals surface area contributed by atoms with Crippen molar-refractivity contribution >= 4 is 23.2 Å². The average molecular weight is 286 g/mol. The highest BCUT2D eigenvalue weighted by Crippen LogP contribution is 2.20. The molecule has 0 heterocycles. The van der Waals surface area contributed by atoms with Crippen molar-refractivity contribution in [2.45, 2.75) is 0 Å². The summed E-state index contributed by atoms with van der Waals surface area (Å²) >= 11 is 5.55. The van der Waals surface area contributed by atoms with Crippen LogP contribution in [-0.4, -0.2) is 5.91 Å². The zero-order chi connectivity index (χ0) is 14.0. The fourth-order valence-corrected chi connectivity index (χ4v) is 1.61. The highest BCUT2D eigenvalue weighted by Gasteiger charge is 2.14. The number of anilines is 1. The molecule has 0 bridgehead atoms. The highest BCUT2D eigenvalue weighted by atomic mass is 35.5. The molecule has 2 aromatic carbocycles. The molecule has 6 heteroatoms. The van der Waals surface area contributed by atoms with E-state index in [0.29, 0.717) is 0 Å². The number of carbonyl (C=O) groups is 1. The number of halogens is 4. The second-order valence-electron chi connectivity index (χ2n) is 3.70. The number of amides is 1. The maximum absolute atomic E-state index is 13.4. The summed E-state index contributed by atoms with van der Waals surface area (Å²) in [7, 11) is 0. The SMILES string of the molecule is O=C(Nc1ccc(Cl)cc1F)c1cc(F)ccc1F. The zero-order valence-corrected chi connectivity index (χ0v) is 10.1. The Hall–Kier alpha value is -2.01. The number of benzene rings is 2. The predicted octanol–water partition coefficient (Wildman–Crippen LogP) is 4.01. The van der Waals surface area contributed by atoms with Gasteiger partial charge in [0.15, 0.2) is 0 Å². The number of rotatable bonds is 2. The Kier molecular flexibility index (Phi) is 3.76. The molecule has 2 aromatic rings. The monoisotopic (exact) mass is 285 g/mol. The van der Waals surface area contributed by atoms with E-state index in [0.717, 1.165) is 24.3 Å². The molecule has 2 nitrogen and oxygen atoms in total. The van der Waals surface area contributed by atoms with Crippen molar-refractivity contribution in [3.63, 3.8) is 0 Å². The summed E-state index contributed by atoms with van der Waals surface area (Å²) in [5, 5.41) is 2.30. The van der Waals surface area contributed by atoms with Crippen LogP contribution in [0.15, 0.2) is 36.4 Å². The Balaban J connectivity index is 2.28. The van der Waals surface area contributed by atoms with E-state index in [1.54, 1.807) is 0 Å². The number of nitrogens with one attached hydrogen (secondary N) is 1. The summed E-state index contributed by atoms with van der Waals surface area (Å²) in [4.78, 5) is 11.7. The Bertz CT molecular complexity index is 646. The third-order valence-corrected chi connectivity index (χ3v) is 2.59. The van der Waals surface area contributed by atoms with Gasteiger partial charge in [-0.15, -0.1) is 0 Å². The van der Waals surface area contributed by atoms with Gasteiger partial charge < -0.3 is 5.32 Å². The summed E-state index contributed by atoms with van der Waals surface area (Å²) in [5.41, 5.74) is -0.674. The van der Waals surface area contributed by atoms with E-state index in [-0.39, 0.29) is 10.7 Å². The largest absolute Gasteiger partial charge is 0.319 e. The van der Waals surface area contributed by atoms with E-state index in [4.69, 9.17) is 11.6 Å². The summed E-state index contributed by atoms with van der Waals surface area (Å²) in [5.74, 6) is -3.37. The molecule has 0 saturated heterocycles.